The molecule has 2 aliphatic rings. The van der Waals surface area contributed by atoms with Crippen molar-refractivity contribution in [2.24, 2.45) is 5.41 Å². The Morgan fingerprint density at radius 2 is 2.16 bits per heavy atom. The second-order valence-corrected chi connectivity index (χ2v) is 5.49. The number of nitrogens with one attached hydrogen (secondary N) is 1. The smallest absolute Gasteiger partial charge is 0.247 e. The Balaban J connectivity index is 1.95. The highest BCUT2D eigenvalue weighted by Crippen LogP contribution is 2.47. The fraction of sp³-hybridized carbons (Fsp3) is 0.375. The molecule has 1 heterocycles. The zero-order valence-electron chi connectivity index (χ0n) is 10.9. The molecule has 96 valence electrons. The molecule has 1 aliphatic heterocycles. The van der Waals surface area contributed by atoms with Gasteiger partial charge in [0.1, 0.15) is 0 Å². The Morgan fingerprint density at radius 1 is 1.42 bits per heavy atom. The van der Waals surface area contributed by atoms with Crippen LogP contribution in [0.1, 0.15) is 25.3 Å². The molecule has 1 saturated carbocycles. The maximum absolute atomic E-state index is 11.8. The first-order valence-corrected chi connectivity index (χ1v) is 6.62. The van der Waals surface area contributed by atoms with Crippen molar-refractivity contribution >= 4 is 5.91 Å². The second kappa shape index (κ2) is 4.24. The van der Waals surface area contributed by atoms with Crippen LogP contribution in [-0.4, -0.2) is 11.9 Å². The molecule has 2 unspecified atom stereocenters. The maximum Gasteiger partial charge on any atom is 0.247 e. The van der Waals surface area contributed by atoms with Crippen LogP contribution in [-0.2, 0) is 11.2 Å². The Labute approximate surface area is 112 Å². The van der Waals surface area contributed by atoms with E-state index in [1.54, 1.807) is 0 Å². The van der Waals surface area contributed by atoms with Crippen LogP contribution in [0.5, 0.6) is 0 Å². The summed E-state index contributed by atoms with van der Waals surface area (Å²) in [7, 11) is 0. The van der Waals surface area contributed by atoms with Crippen LogP contribution in [0.25, 0.3) is 0 Å². The number of nitrogens with zero attached hydrogens (tertiary/aromatic N) is 1. The Hall–Kier alpha value is -2.08. The van der Waals surface area contributed by atoms with E-state index in [9.17, 15) is 10.1 Å². The van der Waals surface area contributed by atoms with E-state index in [1.165, 1.54) is 0 Å². The highest BCUT2D eigenvalue weighted by atomic mass is 16.2. The number of rotatable bonds is 2. The molecular formula is C16H16N2O. The summed E-state index contributed by atoms with van der Waals surface area (Å²) in [5.74, 6) is -0.00705. The molecule has 1 aliphatic carbocycles. The van der Waals surface area contributed by atoms with Gasteiger partial charge in [0.05, 0.1) is 17.5 Å². The van der Waals surface area contributed by atoms with Crippen LogP contribution in [0.2, 0.25) is 0 Å². The van der Waals surface area contributed by atoms with Gasteiger partial charge in [0.25, 0.3) is 0 Å². The summed E-state index contributed by atoms with van der Waals surface area (Å²) < 4.78 is 0. The predicted molar refractivity (Wildman–Crippen MR) is 72.1 cm³/mol. The van der Waals surface area contributed by atoms with Crippen LogP contribution in [0.15, 0.2) is 41.5 Å². The average Bonchev–Trinajstić information content (AvgIpc) is 2.92. The van der Waals surface area contributed by atoms with Gasteiger partial charge in [-0.1, -0.05) is 30.3 Å². The van der Waals surface area contributed by atoms with E-state index >= 15 is 0 Å². The zero-order chi connectivity index (χ0) is 13.5. The lowest BCUT2D eigenvalue weighted by Crippen LogP contribution is -2.41. The number of benzene rings is 1. The van der Waals surface area contributed by atoms with Gasteiger partial charge in [0, 0.05) is 5.57 Å². The molecule has 1 amide bonds. The predicted octanol–water partition coefficient (Wildman–Crippen LogP) is 2.35. The summed E-state index contributed by atoms with van der Waals surface area (Å²) in [6.45, 7) is 1.86. The molecule has 0 saturated heterocycles. The average molecular weight is 252 g/mol. The van der Waals surface area contributed by atoms with E-state index in [2.05, 4.69) is 11.4 Å². The highest BCUT2D eigenvalue weighted by molar-refractivity contribution is 5.97. The van der Waals surface area contributed by atoms with Crippen LogP contribution in [0, 0.1) is 16.7 Å². The summed E-state index contributed by atoms with van der Waals surface area (Å²) >= 11 is 0. The van der Waals surface area contributed by atoms with Crippen molar-refractivity contribution in [3.05, 3.63) is 47.0 Å². The van der Waals surface area contributed by atoms with Gasteiger partial charge in [-0.2, -0.15) is 5.26 Å². The van der Waals surface area contributed by atoms with Crippen LogP contribution in [0.4, 0.5) is 0 Å². The molecule has 3 heteroatoms. The summed E-state index contributed by atoms with van der Waals surface area (Å²) in [5.41, 5.74) is 2.63. The Kier molecular flexibility index (Phi) is 2.67. The quantitative estimate of drug-likeness (QED) is 0.878. The third-order valence-electron chi connectivity index (χ3n) is 4.42. The minimum Gasteiger partial charge on any atom is -0.344 e. The fourth-order valence-electron chi connectivity index (χ4n) is 3.30. The molecule has 1 aromatic rings. The molecule has 0 spiro atoms. The van der Waals surface area contributed by atoms with Gasteiger partial charge in [-0.25, -0.2) is 0 Å². The van der Waals surface area contributed by atoms with Crippen LogP contribution in [0.3, 0.4) is 0 Å². The van der Waals surface area contributed by atoms with E-state index in [4.69, 9.17) is 0 Å². The van der Waals surface area contributed by atoms with Crippen molar-refractivity contribution in [1.29, 1.82) is 5.26 Å². The topological polar surface area (TPSA) is 52.9 Å². The van der Waals surface area contributed by atoms with Crippen molar-refractivity contribution < 1.29 is 4.79 Å². The Morgan fingerprint density at radius 3 is 2.84 bits per heavy atom. The van der Waals surface area contributed by atoms with Gasteiger partial charge < -0.3 is 5.32 Å². The number of hydrogen-bond donors (Lipinski definition) is 1. The minimum atomic E-state index is -0.482. The van der Waals surface area contributed by atoms with Gasteiger partial charge in [-0.15, -0.1) is 0 Å². The van der Waals surface area contributed by atoms with Gasteiger partial charge in [-0.3, -0.25) is 4.79 Å². The van der Waals surface area contributed by atoms with Gasteiger partial charge in [-0.05, 0) is 37.3 Å². The molecule has 19 heavy (non-hydrogen) atoms. The molecule has 3 nitrogen and oxygen atoms in total. The van der Waals surface area contributed by atoms with Crippen LogP contribution < -0.4 is 5.32 Å². The number of hydrogen-bond acceptors (Lipinski definition) is 2. The number of amides is 1. The standard InChI is InChI=1S/C16H16N2O/c1-11-13-7-8-16(10-17,14(13)18-15(11)19)9-12-5-3-2-4-6-12/h2-6,14H,7-9H2,1H3,(H,18,19). The van der Waals surface area contributed by atoms with Gasteiger partial charge in [0.15, 0.2) is 0 Å². The molecule has 1 N–H and O–H groups in total. The third kappa shape index (κ3) is 1.76. The molecular weight excluding hydrogens is 236 g/mol. The number of carbonyl (C=O) groups excluding carboxylic acids is 1. The van der Waals surface area contributed by atoms with Crippen molar-refractivity contribution in [3.8, 4) is 6.07 Å². The molecule has 1 fully saturated rings. The Bertz CT molecular complexity index is 597. The second-order valence-electron chi connectivity index (χ2n) is 5.49. The maximum atomic E-state index is 11.8. The first-order valence-electron chi connectivity index (χ1n) is 6.62. The SMILES string of the molecule is CC1=C2CCC(C#N)(Cc3ccccc3)C2NC1=O. The first kappa shape index (κ1) is 12.0. The molecule has 3 rings (SSSR count). The zero-order valence-corrected chi connectivity index (χ0v) is 10.9. The normalized spacial score (nSPS) is 29.1. The number of carbonyl (C=O) groups is 1. The fourth-order valence-corrected chi connectivity index (χ4v) is 3.30. The summed E-state index contributed by atoms with van der Waals surface area (Å²) in [4.78, 5) is 11.8. The third-order valence-corrected chi connectivity index (χ3v) is 4.42. The minimum absolute atomic E-state index is 0.00705. The summed E-state index contributed by atoms with van der Waals surface area (Å²) in [5, 5.41) is 12.7. The lowest BCUT2D eigenvalue weighted by atomic mass is 9.78. The van der Waals surface area contributed by atoms with E-state index in [1.807, 2.05) is 37.3 Å². The monoisotopic (exact) mass is 252 g/mol. The summed E-state index contributed by atoms with van der Waals surface area (Å²) in [6, 6.07) is 12.4. The number of fused-ring (bicyclic) bond motifs is 1. The summed E-state index contributed by atoms with van der Waals surface area (Å²) in [6.07, 6.45) is 2.39. The first-order chi connectivity index (χ1) is 9.16. The van der Waals surface area contributed by atoms with E-state index in [-0.39, 0.29) is 11.9 Å². The van der Waals surface area contributed by atoms with E-state index in [0.717, 1.165) is 29.6 Å². The largest absolute Gasteiger partial charge is 0.344 e. The van der Waals surface area contributed by atoms with Gasteiger partial charge in [0.2, 0.25) is 5.91 Å². The lowest BCUT2D eigenvalue weighted by Gasteiger charge is -2.27. The van der Waals surface area contributed by atoms with Crippen molar-refractivity contribution in [2.45, 2.75) is 32.2 Å². The molecule has 0 aromatic heterocycles. The molecule has 0 bridgehead atoms. The van der Waals surface area contributed by atoms with Gasteiger partial charge >= 0.3 is 0 Å². The highest BCUT2D eigenvalue weighted by Gasteiger charge is 2.50. The van der Waals surface area contributed by atoms with Crippen molar-refractivity contribution in [3.63, 3.8) is 0 Å². The molecule has 2 atom stereocenters. The molecule has 0 radical (unpaired) electrons. The van der Waals surface area contributed by atoms with E-state index < -0.39 is 5.41 Å². The van der Waals surface area contributed by atoms with E-state index in [0.29, 0.717) is 6.42 Å². The molecule has 1 aromatic carbocycles. The number of nitriles is 1. The van der Waals surface area contributed by atoms with Crippen molar-refractivity contribution in [1.82, 2.24) is 5.32 Å². The lowest BCUT2D eigenvalue weighted by molar-refractivity contribution is -0.117. The van der Waals surface area contributed by atoms with Crippen molar-refractivity contribution in [2.75, 3.05) is 0 Å². The van der Waals surface area contributed by atoms with Crippen LogP contribution >= 0.6 is 0 Å².